The Balaban J connectivity index is 2.51. The highest BCUT2D eigenvalue weighted by atomic mass is 19.1. The number of halogens is 2. The van der Waals surface area contributed by atoms with Crippen molar-refractivity contribution in [1.29, 1.82) is 0 Å². The number of anilines is 1. The molecule has 5 nitrogen and oxygen atoms in total. The summed E-state index contributed by atoms with van der Waals surface area (Å²) in [6.07, 6.45) is 0.745. The summed E-state index contributed by atoms with van der Waals surface area (Å²) in [5, 5.41) is 2.61. The van der Waals surface area contributed by atoms with Crippen LogP contribution in [0, 0.1) is 11.6 Å². The highest BCUT2D eigenvalue weighted by molar-refractivity contribution is 6.01. The fourth-order valence-electron chi connectivity index (χ4n) is 2.34. The Labute approximate surface area is 144 Å². The number of nitrogens with one attached hydrogen (secondary N) is 1. The van der Waals surface area contributed by atoms with Gasteiger partial charge in [0.05, 0.1) is 5.70 Å². The van der Waals surface area contributed by atoms with E-state index in [1.807, 2.05) is 6.92 Å². The summed E-state index contributed by atoms with van der Waals surface area (Å²) in [4.78, 5) is 12.0. The molecule has 0 saturated heterocycles. The lowest BCUT2D eigenvalue weighted by Gasteiger charge is -2.14. The molecular formula is C18H20F2N4O. The number of para-hydroxylation sites is 1. The second-order valence-corrected chi connectivity index (χ2v) is 5.47. The van der Waals surface area contributed by atoms with Gasteiger partial charge >= 0.3 is 0 Å². The van der Waals surface area contributed by atoms with Gasteiger partial charge in [-0.3, -0.25) is 4.79 Å². The smallest absolute Gasteiger partial charge is 0.269 e. The van der Waals surface area contributed by atoms with Gasteiger partial charge in [0.15, 0.2) is 0 Å². The first kappa shape index (κ1) is 18.3. The second kappa shape index (κ2) is 7.65. The van der Waals surface area contributed by atoms with Crippen LogP contribution in [0.2, 0.25) is 0 Å². The summed E-state index contributed by atoms with van der Waals surface area (Å²) in [6, 6.07) is 7.76. The molecule has 0 aliphatic heterocycles. The minimum Gasteiger partial charge on any atom is -0.398 e. The van der Waals surface area contributed by atoms with Crippen LogP contribution >= 0.6 is 0 Å². The number of hydrogen-bond acceptors (Lipinski definition) is 4. The van der Waals surface area contributed by atoms with E-state index in [-0.39, 0.29) is 33.8 Å². The molecule has 2 aromatic rings. The van der Waals surface area contributed by atoms with E-state index in [9.17, 15) is 13.6 Å². The maximum Gasteiger partial charge on any atom is 0.269 e. The van der Waals surface area contributed by atoms with E-state index in [0.717, 1.165) is 24.6 Å². The topological polar surface area (TPSA) is 107 Å². The number of carbonyl (C=O) groups is 1. The molecule has 0 aliphatic rings. The van der Waals surface area contributed by atoms with Crippen molar-refractivity contribution in [2.24, 2.45) is 11.5 Å². The summed E-state index contributed by atoms with van der Waals surface area (Å²) in [6.45, 7) is 2.36. The first-order valence-corrected chi connectivity index (χ1v) is 7.74. The van der Waals surface area contributed by atoms with Crippen LogP contribution in [0.25, 0.3) is 16.8 Å². The van der Waals surface area contributed by atoms with Crippen LogP contribution in [0.1, 0.15) is 18.9 Å². The minimum atomic E-state index is -0.624. The molecule has 2 aromatic carbocycles. The Hall–Kier alpha value is -3.09. The summed E-state index contributed by atoms with van der Waals surface area (Å²) >= 11 is 0. The summed E-state index contributed by atoms with van der Waals surface area (Å²) in [5.74, 6) is -1.73. The normalized spacial score (nSPS) is 11.8. The third kappa shape index (κ3) is 3.88. The molecule has 0 bridgehead atoms. The lowest BCUT2D eigenvalue weighted by Crippen LogP contribution is -2.31. The quantitative estimate of drug-likeness (QED) is 0.492. The van der Waals surface area contributed by atoms with Crippen molar-refractivity contribution in [3.63, 3.8) is 0 Å². The van der Waals surface area contributed by atoms with Gasteiger partial charge in [0, 0.05) is 28.9 Å². The molecule has 0 aliphatic carbocycles. The van der Waals surface area contributed by atoms with E-state index in [1.165, 1.54) is 6.07 Å². The second-order valence-electron chi connectivity index (χ2n) is 5.47. The number of carbonyl (C=O) groups excluding carboxylic acids is 1. The largest absolute Gasteiger partial charge is 0.398 e. The Morgan fingerprint density at radius 3 is 2.52 bits per heavy atom. The Morgan fingerprint density at radius 1 is 1.12 bits per heavy atom. The van der Waals surface area contributed by atoms with Crippen LogP contribution in [0.3, 0.4) is 0 Å². The van der Waals surface area contributed by atoms with Crippen molar-refractivity contribution in [2.45, 2.75) is 13.3 Å². The van der Waals surface area contributed by atoms with Crippen LogP contribution in [0.4, 0.5) is 14.5 Å². The minimum absolute atomic E-state index is 0.00107. The highest BCUT2D eigenvalue weighted by Gasteiger charge is 2.17. The summed E-state index contributed by atoms with van der Waals surface area (Å²) in [7, 11) is 0. The third-order valence-corrected chi connectivity index (χ3v) is 3.69. The molecule has 25 heavy (non-hydrogen) atoms. The monoisotopic (exact) mass is 346 g/mol. The van der Waals surface area contributed by atoms with Crippen molar-refractivity contribution in [2.75, 3.05) is 12.3 Å². The van der Waals surface area contributed by atoms with Crippen LogP contribution in [-0.2, 0) is 4.79 Å². The van der Waals surface area contributed by atoms with E-state index < -0.39 is 17.5 Å². The van der Waals surface area contributed by atoms with E-state index in [0.29, 0.717) is 6.54 Å². The lowest BCUT2D eigenvalue weighted by atomic mass is 9.97. The Morgan fingerprint density at radius 2 is 1.84 bits per heavy atom. The zero-order valence-electron chi connectivity index (χ0n) is 13.8. The molecule has 0 unspecified atom stereocenters. The molecule has 0 fully saturated rings. The highest BCUT2D eigenvalue weighted by Crippen LogP contribution is 2.33. The molecule has 132 valence electrons. The molecule has 0 heterocycles. The molecule has 1 amide bonds. The molecule has 0 saturated carbocycles. The van der Waals surface area contributed by atoms with Gasteiger partial charge < -0.3 is 22.5 Å². The molecule has 7 N–H and O–H groups in total. The number of nitrogen functional groups attached to an aromatic ring is 1. The van der Waals surface area contributed by atoms with Crippen molar-refractivity contribution in [3.8, 4) is 11.1 Å². The molecular weight excluding hydrogens is 326 g/mol. The van der Waals surface area contributed by atoms with Crippen molar-refractivity contribution < 1.29 is 13.6 Å². The molecule has 7 heteroatoms. The zero-order valence-corrected chi connectivity index (χ0v) is 13.8. The van der Waals surface area contributed by atoms with Crippen molar-refractivity contribution in [1.82, 2.24) is 5.32 Å². The Kier molecular flexibility index (Phi) is 5.59. The maximum atomic E-state index is 14.0. The Bertz CT molecular complexity index is 834. The van der Waals surface area contributed by atoms with Gasteiger partial charge in [0.25, 0.3) is 5.91 Å². The van der Waals surface area contributed by atoms with Crippen molar-refractivity contribution in [3.05, 3.63) is 59.3 Å². The summed E-state index contributed by atoms with van der Waals surface area (Å²) in [5.41, 5.74) is 18.3. The van der Waals surface area contributed by atoms with Crippen molar-refractivity contribution >= 4 is 17.3 Å². The number of hydrogen-bond donors (Lipinski definition) is 4. The van der Waals surface area contributed by atoms with Crippen LogP contribution in [0.15, 0.2) is 42.1 Å². The number of nitrogens with two attached hydrogens (primary N) is 3. The average molecular weight is 346 g/mol. The predicted octanol–water partition coefficient (Wildman–Crippen LogP) is 2.33. The fraction of sp³-hybridized carbons (Fsp3) is 0.167. The third-order valence-electron chi connectivity index (χ3n) is 3.69. The van der Waals surface area contributed by atoms with E-state index >= 15 is 0 Å². The molecule has 0 radical (unpaired) electrons. The zero-order chi connectivity index (χ0) is 18.6. The first-order chi connectivity index (χ1) is 11.9. The number of benzene rings is 2. The fourth-order valence-corrected chi connectivity index (χ4v) is 2.34. The predicted molar refractivity (Wildman–Crippen MR) is 94.8 cm³/mol. The lowest BCUT2D eigenvalue weighted by molar-refractivity contribution is -0.117. The SMILES string of the molecule is CCCNC(=O)/C(N)=C(\N)c1cccc(-c2cc(F)ccc2F)c1N. The van der Waals surface area contributed by atoms with E-state index in [2.05, 4.69) is 5.32 Å². The molecule has 2 rings (SSSR count). The van der Waals surface area contributed by atoms with Gasteiger partial charge in [0.2, 0.25) is 0 Å². The maximum absolute atomic E-state index is 14.0. The van der Waals surface area contributed by atoms with Crippen LogP contribution in [-0.4, -0.2) is 12.5 Å². The van der Waals surface area contributed by atoms with Gasteiger partial charge in [-0.1, -0.05) is 25.1 Å². The van der Waals surface area contributed by atoms with E-state index in [4.69, 9.17) is 17.2 Å². The number of rotatable bonds is 5. The van der Waals surface area contributed by atoms with Gasteiger partial charge in [-0.15, -0.1) is 0 Å². The molecule has 0 spiro atoms. The summed E-state index contributed by atoms with van der Waals surface area (Å²) < 4.78 is 27.5. The van der Waals surface area contributed by atoms with Crippen LogP contribution < -0.4 is 22.5 Å². The van der Waals surface area contributed by atoms with Gasteiger partial charge in [-0.25, -0.2) is 8.78 Å². The van der Waals surface area contributed by atoms with Gasteiger partial charge in [-0.05, 0) is 24.6 Å². The first-order valence-electron chi connectivity index (χ1n) is 7.74. The average Bonchev–Trinajstić information content (AvgIpc) is 2.60. The molecule has 0 aromatic heterocycles. The van der Waals surface area contributed by atoms with Crippen LogP contribution in [0.5, 0.6) is 0 Å². The van der Waals surface area contributed by atoms with Gasteiger partial charge in [0.1, 0.15) is 17.3 Å². The standard InChI is InChI=1S/C18H20F2N4O/c1-2-8-24-18(25)17(23)16(22)12-5-3-4-11(15(12)21)13-9-10(19)6-7-14(13)20/h3-7,9H,2,8,21-23H2,1H3,(H,24,25)/b17-16+. The van der Waals surface area contributed by atoms with E-state index in [1.54, 1.807) is 12.1 Å². The number of amides is 1. The van der Waals surface area contributed by atoms with Gasteiger partial charge in [-0.2, -0.15) is 0 Å². The molecule has 0 atom stereocenters.